The van der Waals surface area contributed by atoms with Gasteiger partial charge in [0, 0.05) is 14.2 Å². The molecule has 9 heavy (non-hydrogen) atoms. The minimum Gasteiger partial charge on any atom is -0.330 e. The van der Waals surface area contributed by atoms with Crippen molar-refractivity contribution in [2.75, 3.05) is 28.3 Å². The summed E-state index contributed by atoms with van der Waals surface area (Å²) in [5.41, 5.74) is 0. The largest absolute Gasteiger partial charge is 0.349 e. The molecule has 0 saturated carbocycles. The number of hydrogen-bond donors (Lipinski definition) is 1. The topological polar surface area (TPSA) is 41.9 Å². The second-order valence-electron chi connectivity index (χ2n) is 1.85. The lowest BCUT2D eigenvalue weighted by Gasteiger charge is -2.29. The van der Waals surface area contributed by atoms with Crippen LogP contribution in [0.1, 0.15) is 0 Å². The molecule has 0 bridgehead atoms. The second-order valence-corrected chi connectivity index (χ2v) is 1.85. The highest BCUT2D eigenvalue weighted by molar-refractivity contribution is 4.44. The molecule has 0 aliphatic rings. The van der Waals surface area contributed by atoms with Gasteiger partial charge in [0.05, 0.1) is 0 Å². The molecule has 4 nitrogen and oxygen atoms in total. The van der Waals surface area contributed by atoms with E-state index in [2.05, 4.69) is 9.47 Å². The first-order valence-electron chi connectivity index (χ1n) is 2.57. The van der Waals surface area contributed by atoms with Gasteiger partial charge in [-0.05, 0) is 14.1 Å². The fourth-order valence-corrected chi connectivity index (χ4v) is 0.448. The van der Waals surface area contributed by atoms with Gasteiger partial charge >= 0.3 is 6.10 Å². The van der Waals surface area contributed by atoms with Crippen molar-refractivity contribution in [2.24, 2.45) is 0 Å². The summed E-state index contributed by atoms with van der Waals surface area (Å²) in [6.07, 6.45) is -1.58. The Bertz CT molecular complexity index is 80.3. The maximum absolute atomic E-state index is 9.19. The van der Waals surface area contributed by atoms with Gasteiger partial charge in [0.15, 0.2) is 0 Å². The van der Waals surface area contributed by atoms with Gasteiger partial charge in [-0.2, -0.15) is 0 Å². The van der Waals surface area contributed by atoms with Gasteiger partial charge in [-0.25, -0.2) is 4.90 Å². The van der Waals surface area contributed by atoms with Crippen LogP contribution < -0.4 is 0 Å². The van der Waals surface area contributed by atoms with Crippen LogP contribution in [-0.2, 0) is 9.47 Å². The molecular formula is C5H13NO3. The Morgan fingerprint density at radius 2 is 1.56 bits per heavy atom. The zero-order valence-electron chi connectivity index (χ0n) is 6.21. The van der Waals surface area contributed by atoms with Crippen LogP contribution in [0.15, 0.2) is 0 Å². The van der Waals surface area contributed by atoms with Crippen molar-refractivity contribution in [3.05, 3.63) is 0 Å². The third-order valence-electron chi connectivity index (χ3n) is 1.10. The molecule has 0 heterocycles. The molecule has 0 spiro atoms. The van der Waals surface area contributed by atoms with Crippen LogP contribution >= 0.6 is 0 Å². The Morgan fingerprint density at radius 1 is 1.22 bits per heavy atom. The number of hydrogen-bond acceptors (Lipinski definition) is 4. The molecule has 1 N–H and O–H groups in total. The molecule has 0 amide bonds. The number of methoxy groups -OCH3 is 2. The van der Waals surface area contributed by atoms with E-state index in [1.54, 1.807) is 14.1 Å². The molecule has 56 valence electrons. The molecule has 0 atom stereocenters. The van der Waals surface area contributed by atoms with E-state index in [1.165, 1.54) is 19.1 Å². The van der Waals surface area contributed by atoms with Crippen LogP contribution in [-0.4, -0.2) is 44.4 Å². The van der Waals surface area contributed by atoms with Gasteiger partial charge in [-0.3, -0.25) is 0 Å². The van der Waals surface area contributed by atoms with Crippen LogP contribution in [0.5, 0.6) is 0 Å². The fourth-order valence-electron chi connectivity index (χ4n) is 0.448. The summed E-state index contributed by atoms with van der Waals surface area (Å²) in [6.45, 7) is 0. The minimum absolute atomic E-state index is 1.36. The number of aliphatic hydroxyl groups is 1. The molecule has 0 fully saturated rings. The number of rotatable bonds is 3. The summed E-state index contributed by atoms with van der Waals surface area (Å²) in [4.78, 5) is 1.41. The Morgan fingerprint density at radius 3 is 1.56 bits per heavy atom. The first-order chi connectivity index (χ1) is 4.06. The highest BCUT2D eigenvalue weighted by Gasteiger charge is 2.28. The molecule has 0 aliphatic heterocycles. The first kappa shape index (κ1) is 8.84. The maximum atomic E-state index is 9.19. The van der Waals surface area contributed by atoms with Crippen molar-refractivity contribution in [1.82, 2.24) is 4.90 Å². The van der Waals surface area contributed by atoms with Gasteiger partial charge in [0.1, 0.15) is 0 Å². The maximum Gasteiger partial charge on any atom is 0.349 e. The highest BCUT2D eigenvalue weighted by atomic mass is 16.8. The molecule has 0 aromatic heterocycles. The third kappa shape index (κ3) is 1.91. The van der Waals surface area contributed by atoms with Crippen molar-refractivity contribution in [3.63, 3.8) is 0 Å². The van der Waals surface area contributed by atoms with E-state index in [4.69, 9.17) is 0 Å². The van der Waals surface area contributed by atoms with Gasteiger partial charge in [0.25, 0.3) is 0 Å². The van der Waals surface area contributed by atoms with Crippen LogP contribution in [0.2, 0.25) is 0 Å². The molecule has 0 aromatic carbocycles. The first-order valence-corrected chi connectivity index (χ1v) is 2.57. The van der Waals surface area contributed by atoms with Crippen LogP contribution in [0.25, 0.3) is 0 Å². The van der Waals surface area contributed by atoms with Crippen LogP contribution in [0.3, 0.4) is 0 Å². The Hall–Kier alpha value is -0.160. The van der Waals surface area contributed by atoms with Gasteiger partial charge in [0.2, 0.25) is 0 Å². The van der Waals surface area contributed by atoms with Gasteiger partial charge < -0.3 is 14.6 Å². The lowest BCUT2D eigenvalue weighted by Crippen LogP contribution is -2.47. The minimum atomic E-state index is -1.58. The predicted octanol–water partition coefficient (Wildman–Crippen LogP) is -0.556. The normalized spacial score (nSPS) is 12.7. The Labute approximate surface area is 55.0 Å². The molecule has 0 aliphatic carbocycles. The van der Waals surface area contributed by atoms with Gasteiger partial charge in [-0.1, -0.05) is 0 Å². The average molecular weight is 135 g/mol. The zero-order valence-corrected chi connectivity index (χ0v) is 6.21. The summed E-state index contributed by atoms with van der Waals surface area (Å²) < 4.78 is 9.22. The average Bonchev–Trinajstić information content (AvgIpc) is 1.86. The quantitative estimate of drug-likeness (QED) is 0.527. The SMILES string of the molecule is COC(O)(OC)N(C)C. The number of nitrogens with zero attached hydrogens (tertiary/aromatic N) is 1. The number of ether oxygens (including phenoxy) is 2. The summed E-state index contributed by atoms with van der Waals surface area (Å²) in [5, 5.41) is 9.19. The van der Waals surface area contributed by atoms with Crippen molar-refractivity contribution in [3.8, 4) is 0 Å². The molecule has 0 rings (SSSR count). The summed E-state index contributed by atoms with van der Waals surface area (Å²) in [7, 11) is 6.02. The lowest BCUT2D eigenvalue weighted by molar-refractivity contribution is -0.404. The second kappa shape index (κ2) is 3.12. The molecular weight excluding hydrogens is 122 g/mol. The van der Waals surface area contributed by atoms with Gasteiger partial charge in [-0.15, -0.1) is 0 Å². The van der Waals surface area contributed by atoms with E-state index in [1.807, 2.05) is 0 Å². The van der Waals surface area contributed by atoms with E-state index < -0.39 is 6.10 Å². The molecule has 0 saturated heterocycles. The molecule has 0 aromatic rings. The van der Waals surface area contributed by atoms with E-state index in [-0.39, 0.29) is 0 Å². The monoisotopic (exact) mass is 135 g/mol. The van der Waals surface area contributed by atoms with E-state index >= 15 is 0 Å². The molecule has 0 radical (unpaired) electrons. The molecule has 4 heteroatoms. The van der Waals surface area contributed by atoms with E-state index in [9.17, 15) is 5.11 Å². The third-order valence-corrected chi connectivity index (χ3v) is 1.10. The van der Waals surface area contributed by atoms with Crippen LogP contribution in [0, 0.1) is 0 Å². The zero-order chi connectivity index (χ0) is 7.49. The fraction of sp³-hybridized carbons (Fsp3) is 1.00. The standard InChI is InChI=1S/C5H13NO3/c1-6(2)5(7,8-3)9-4/h7H,1-4H3. The van der Waals surface area contributed by atoms with E-state index in [0.717, 1.165) is 0 Å². The van der Waals surface area contributed by atoms with Crippen molar-refractivity contribution in [1.29, 1.82) is 0 Å². The lowest BCUT2D eigenvalue weighted by atomic mass is 10.8. The Balaban J connectivity index is 3.92. The predicted molar refractivity (Wildman–Crippen MR) is 32.7 cm³/mol. The Kier molecular flexibility index (Phi) is 3.07. The van der Waals surface area contributed by atoms with E-state index in [0.29, 0.717) is 0 Å². The highest BCUT2D eigenvalue weighted by Crippen LogP contribution is 2.07. The van der Waals surface area contributed by atoms with Crippen LogP contribution in [0.4, 0.5) is 0 Å². The molecule has 0 unspecified atom stereocenters. The smallest absolute Gasteiger partial charge is 0.330 e. The van der Waals surface area contributed by atoms with Crippen molar-refractivity contribution in [2.45, 2.75) is 6.10 Å². The summed E-state index contributed by atoms with van der Waals surface area (Å²) in [5.74, 6) is 0. The van der Waals surface area contributed by atoms with Crippen molar-refractivity contribution < 1.29 is 14.6 Å². The summed E-state index contributed by atoms with van der Waals surface area (Å²) in [6, 6.07) is 0. The van der Waals surface area contributed by atoms with Crippen molar-refractivity contribution >= 4 is 0 Å². The summed E-state index contributed by atoms with van der Waals surface area (Å²) >= 11 is 0.